The molecule has 7 heteroatoms. The SMILES string of the molecule is COC(=O)CNc1ccc(OC)c(OC(F)F)c1. The Balaban J connectivity index is 2.78. The van der Waals surface area contributed by atoms with Crippen LogP contribution in [0.4, 0.5) is 14.5 Å². The topological polar surface area (TPSA) is 56.8 Å². The number of nitrogens with one attached hydrogen (secondary N) is 1. The molecule has 0 aliphatic heterocycles. The molecule has 0 radical (unpaired) electrons. The minimum Gasteiger partial charge on any atom is -0.493 e. The number of anilines is 1. The molecule has 0 amide bonds. The smallest absolute Gasteiger partial charge is 0.387 e. The van der Waals surface area contributed by atoms with E-state index >= 15 is 0 Å². The van der Waals surface area contributed by atoms with Gasteiger partial charge >= 0.3 is 12.6 Å². The van der Waals surface area contributed by atoms with E-state index < -0.39 is 12.6 Å². The lowest BCUT2D eigenvalue weighted by atomic mass is 10.2. The normalized spacial score (nSPS) is 10.1. The van der Waals surface area contributed by atoms with Crippen LogP contribution in [0.2, 0.25) is 0 Å². The molecule has 5 nitrogen and oxygen atoms in total. The van der Waals surface area contributed by atoms with E-state index in [1.807, 2.05) is 0 Å². The number of carbonyl (C=O) groups is 1. The summed E-state index contributed by atoms with van der Waals surface area (Å²) in [5, 5.41) is 2.71. The van der Waals surface area contributed by atoms with Crippen molar-refractivity contribution in [2.24, 2.45) is 0 Å². The van der Waals surface area contributed by atoms with E-state index in [1.165, 1.54) is 26.4 Å². The molecule has 0 unspecified atom stereocenters. The Hall–Kier alpha value is -2.05. The van der Waals surface area contributed by atoms with Crippen molar-refractivity contribution >= 4 is 11.7 Å². The van der Waals surface area contributed by atoms with E-state index in [1.54, 1.807) is 6.07 Å². The lowest BCUT2D eigenvalue weighted by molar-refractivity contribution is -0.138. The standard InChI is InChI=1S/C11H13F2NO4/c1-16-8-4-3-7(14-6-10(15)17-2)5-9(8)18-11(12)13/h3-5,11,14H,6H2,1-2H3. The van der Waals surface area contributed by atoms with Crippen molar-refractivity contribution in [3.8, 4) is 11.5 Å². The van der Waals surface area contributed by atoms with Crippen molar-refractivity contribution < 1.29 is 27.8 Å². The average Bonchev–Trinajstić information content (AvgIpc) is 2.35. The van der Waals surface area contributed by atoms with Crippen LogP contribution in [-0.4, -0.2) is 33.3 Å². The van der Waals surface area contributed by atoms with E-state index in [4.69, 9.17) is 4.74 Å². The van der Waals surface area contributed by atoms with Crippen LogP contribution in [0.3, 0.4) is 0 Å². The van der Waals surface area contributed by atoms with Crippen molar-refractivity contribution in [2.75, 3.05) is 26.1 Å². The molecule has 1 aromatic rings. The fraction of sp³-hybridized carbons (Fsp3) is 0.364. The predicted molar refractivity (Wildman–Crippen MR) is 60.1 cm³/mol. The van der Waals surface area contributed by atoms with Gasteiger partial charge in [-0.2, -0.15) is 8.78 Å². The van der Waals surface area contributed by atoms with Gasteiger partial charge in [-0.25, -0.2) is 0 Å². The molecule has 0 aliphatic rings. The number of alkyl halides is 2. The molecule has 1 rings (SSSR count). The van der Waals surface area contributed by atoms with Gasteiger partial charge in [0.1, 0.15) is 6.54 Å². The second kappa shape index (κ2) is 6.63. The van der Waals surface area contributed by atoms with E-state index in [-0.39, 0.29) is 18.0 Å². The van der Waals surface area contributed by atoms with Gasteiger partial charge in [0.2, 0.25) is 0 Å². The number of ether oxygens (including phenoxy) is 3. The predicted octanol–water partition coefficient (Wildman–Crippen LogP) is 1.88. The highest BCUT2D eigenvalue weighted by Gasteiger charge is 2.11. The Labute approximate surface area is 103 Å². The third-order valence-corrected chi connectivity index (χ3v) is 2.04. The lowest BCUT2D eigenvalue weighted by Gasteiger charge is -2.12. The maximum atomic E-state index is 12.2. The minimum absolute atomic E-state index is 0.0725. The second-order valence-electron chi connectivity index (χ2n) is 3.17. The first-order chi connectivity index (χ1) is 8.56. The molecule has 1 N–H and O–H groups in total. The molecule has 0 aliphatic carbocycles. The molecule has 0 aromatic heterocycles. The monoisotopic (exact) mass is 261 g/mol. The summed E-state index contributed by atoms with van der Waals surface area (Å²) in [5.74, 6) is -0.400. The number of hydrogen-bond acceptors (Lipinski definition) is 5. The van der Waals surface area contributed by atoms with Crippen molar-refractivity contribution in [3.05, 3.63) is 18.2 Å². The number of halogens is 2. The number of benzene rings is 1. The van der Waals surface area contributed by atoms with E-state index in [9.17, 15) is 13.6 Å². The first-order valence-electron chi connectivity index (χ1n) is 5.00. The Morgan fingerprint density at radius 1 is 1.33 bits per heavy atom. The average molecular weight is 261 g/mol. The van der Waals surface area contributed by atoms with Gasteiger partial charge in [0.05, 0.1) is 14.2 Å². The van der Waals surface area contributed by atoms with Gasteiger partial charge < -0.3 is 19.5 Å². The summed E-state index contributed by atoms with van der Waals surface area (Å²) in [4.78, 5) is 10.9. The number of carbonyl (C=O) groups excluding carboxylic acids is 1. The van der Waals surface area contributed by atoms with Crippen molar-refractivity contribution in [3.63, 3.8) is 0 Å². The molecule has 100 valence electrons. The van der Waals surface area contributed by atoms with Crippen LogP contribution in [0.15, 0.2) is 18.2 Å². The molecule has 0 heterocycles. The van der Waals surface area contributed by atoms with Crippen LogP contribution in [0.1, 0.15) is 0 Å². The first-order valence-corrected chi connectivity index (χ1v) is 5.00. The Morgan fingerprint density at radius 2 is 2.06 bits per heavy atom. The lowest BCUT2D eigenvalue weighted by Crippen LogP contribution is -2.15. The number of hydrogen-bond donors (Lipinski definition) is 1. The second-order valence-corrected chi connectivity index (χ2v) is 3.17. The Morgan fingerprint density at radius 3 is 2.61 bits per heavy atom. The summed E-state index contributed by atoms with van der Waals surface area (Å²) in [6.07, 6.45) is 0. The van der Waals surface area contributed by atoms with Gasteiger partial charge in [-0.1, -0.05) is 0 Å². The van der Waals surface area contributed by atoms with Crippen molar-refractivity contribution in [1.29, 1.82) is 0 Å². The van der Waals surface area contributed by atoms with Crippen LogP contribution in [0.5, 0.6) is 11.5 Å². The maximum absolute atomic E-state index is 12.2. The van der Waals surface area contributed by atoms with E-state index in [2.05, 4.69) is 14.8 Å². The van der Waals surface area contributed by atoms with Gasteiger partial charge in [-0.3, -0.25) is 4.79 Å². The zero-order valence-electron chi connectivity index (χ0n) is 9.91. The van der Waals surface area contributed by atoms with Crippen LogP contribution in [-0.2, 0) is 9.53 Å². The van der Waals surface area contributed by atoms with Gasteiger partial charge in [0, 0.05) is 11.8 Å². The van der Waals surface area contributed by atoms with E-state index in [0.717, 1.165) is 0 Å². The first kappa shape index (κ1) is 14.0. The van der Waals surface area contributed by atoms with Gasteiger partial charge in [0.15, 0.2) is 11.5 Å². The van der Waals surface area contributed by atoms with Crippen LogP contribution in [0, 0.1) is 0 Å². The molecule has 18 heavy (non-hydrogen) atoms. The fourth-order valence-electron chi connectivity index (χ4n) is 1.22. The zero-order chi connectivity index (χ0) is 13.5. The fourth-order valence-corrected chi connectivity index (χ4v) is 1.22. The zero-order valence-corrected chi connectivity index (χ0v) is 9.91. The highest BCUT2D eigenvalue weighted by molar-refractivity contribution is 5.75. The Kier molecular flexibility index (Phi) is 5.16. The number of esters is 1. The van der Waals surface area contributed by atoms with Crippen LogP contribution < -0.4 is 14.8 Å². The van der Waals surface area contributed by atoms with Gasteiger partial charge in [-0.15, -0.1) is 0 Å². The highest BCUT2D eigenvalue weighted by atomic mass is 19.3. The van der Waals surface area contributed by atoms with E-state index in [0.29, 0.717) is 5.69 Å². The van der Waals surface area contributed by atoms with Crippen molar-refractivity contribution in [1.82, 2.24) is 0 Å². The summed E-state index contributed by atoms with van der Waals surface area (Å²) in [7, 11) is 2.60. The third-order valence-electron chi connectivity index (χ3n) is 2.04. The van der Waals surface area contributed by atoms with Crippen LogP contribution >= 0.6 is 0 Å². The summed E-state index contributed by atoms with van der Waals surface area (Å²) in [5.41, 5.74) is 0.442. The molecule has 0 spiro atoms. The number of rotatable bonds is 6. The summed E-state index contributed by atoms with van der Waals surface area (Å²) in [6, 6.07) is 4.34. The molecule has 0 fully saturated rings. The summed E-state index contributed by atoms with van der Waals surface area (Å²) < 4.78 is 37.9. The molecule has 0 bridgehead atoms. The summed E-state index contributed by atoms with van der Waals surface area (Å²) in [6.45, 7) is -3.02. The third kappa shape index (κ3) is 4.08. The molecule has 1 aromatic carbocycles. The molecule has 0 atom stereocenters. The maximum Gasteiger partial charge on any atom is 0.387 e. The highest BCUT2D eigenvalue weighted by Crippen LogP contribution is 2.31. The minimum atomic E-state index is -2.95. The Bertz CT molecular complexity index is 412. The van der Waals surface area contributed by atoms with Gasteiger partial charge in [0.25, 0.3) is 0 Å². The largest absolute Gasteiger partial charge is 0.493 e. The molecular formula is C11H13F2NO4. The van der Waals surface area contributed by atoms with Gasteiger partial charge in [-0.05, 0) is 12.1 Å². The number of methoxy groups -OCH3 is 2. The van der Waals surface area contributed by atoms with Crippen molar-refractivity contribution in [2.45, 2.75) is 6.61 Å². The molecule has 0 saturated heterocycles. The molecule has 0 saturated carbocycles. The quantitative estimate of drug-likeness (QED) is 0.792. The van der Waals surface area contributed by atoms with Crippen LogP contribution in [0.25, 0.3) is 0 Å². The molecular weight excluding hydrogens is 248 g/mol. The summed E-state index contributed by atoms with van der Waals surface area (Å²) >= 11 is 0.